The molecule has 0 amide bonds. The number of piperidine rings is 1. The maximum absolute atomic E-state index is 4.62. The summed E-state index contributed by atoms with van der Waals surface area (Å²) in [5.74, 6) is 0. The third-order valence-corrected chi connectivity index (χ3v) is 4.50. The molecule has 3 rings (SSSR count). The van der Waals surface area contributed by atoms with Gasteiger partial charge >= 0.3 is 0 Å². The van der Waals surface area contributed by atoms with E-state index in [1.165, 1.54) is 37.2 Å². The van der Waals surface area contributed by atoms with Crippen molar-refractivity contribution in [2.45, 2.75) is 44.6 Å². The Hall–Kier alpha value is -1.15. The summed E-state index contributed by atoms with van der Waals surface area (Å²) in [5.41, 5.74) is 3.13. The minimum Gasteiger partial charge on any atom is -0.298 e. The summed E-state index contributed by atoms with van der Waals surface area (Å²) >= 11 is 0. The Balaban J connectivity index is 1.84. The predicted molar refractivity (Wildman–Crippen MR) is 76.8 cm³/mol. The van der Waals surface area contributed by atoms with E-state index in [0.717, 1.165) is 0 Å². The molecule has 1 fully saturated rings. The van der Waals surface area contributed by atoms with Crippen LogP contribution >= 0.6 is 0 Å². The normalized spacial score (nSPS) is 22.4. The largest absolute Gasteiger partial charge is 0.298 e. The number of hydrogen-bond donors (Lipinski definition) is 0. The number of para-hydroxylation sites is 1. The van der Waals surface area contributed by atoms with Crippen LogP contribution in [0.1, 0.15) is 39.2 Å². The highest BCUT2D eigenvalue weighted by Gasteiger charge is 2.40. The summed E-state index contributed by atoms with van der Waals surface area (Å²) in [6, 6.07) is 8.62. The number of likely N-dealkylation sites (tertiary alicyclic amines) is 1. The summed E-state index contributed by atoms with van der Waals surface area (Å²) in [5, 5.41) is 0. The average molecular weight is 242 g/mol. The fourth-order valence-electron chi connectivity index (χ4n) is 3.24. The minimum atomic E-state index is 0.221. The maximum atomic E-state index is 4.62. The van der Waals surface area contributed by atoms with Gasteiger partial charge in [-0.1, -0.05) is 18.2 Å². The van der Waals surface area contributed by atoms with E-state index in [2.05, 4.69) is 61.1 Å². The topological polar surface area (TPSA) is 15.6 Å². The van der Waals surface area contributed by atoms with E-state index in [9.17, 15) is 0 Å². The molecular formula is C16H22N2. The zero-order chi connectivity index (χ0) is 12.8. The summed E-state index contributed by atoms with van der Waals surface area (Å²) < 4.78 is 0. The van der Waals surface area contributed by atoms with E-state index in [-0.39, 0.29) is 11.0 Å². The van der Waals surface area contributed by atoms with E-state index in [1.807, 2.05) is 0 Å². The van der Waals surface area contributed by atoms with E-state index in [1.54, 1.807) is 0 Å². The first-order chi connectivity index (χ1) is 8.51. The summed E-state index contributed by atoms with van der Waals surface area (Å²) in [7, 11) is 0. The van der Waals surface area contributed by atoms with Crippen molar-refractivity contribution in [2.24, 2.45) is 4.99 Å². The van der Waals surface area contributed by atoms with E-state index >= 15 is 0 Å². The van der Waals surface area contributed by atoms with Gasteiger partial charge in [0, 0.05) is 17.2 Å². The molecule has 1 aromatic rings. The van der Waals surface area contributed by atoms with Gasteiger partial charge in [-0.3, -0.25) is 9.89 Å². The molecule has 0 unspecified atom stereocenters. The van der Waals surface area contributed by atoms with Crippen molar-refractivity contribution in [3.05, 3.63) is 29.8 Å². The molecular weight excluding hydrogens is 220 g/mol. The first-order valence-electron chi connectivity index (χ1n) is 6.91. The summed E-state index contributed by atoms with van der Waals surface area (Å²) in [6.45, 7) is 9.26. The van der Waals surface area contributed by atoms with E-state index in [0.29, 0.717) is 0 Å². The molecule has 2 aliphatic heterocycles. The standard InChI is InChI=1S/C16H22N2/c1-15(2,3)18-10-8-16(9-11-18)12-17-14-7-5-4-6-13(14)16/h4-7,12H,8-11H2,1-3H3. The number of aliphatic imine (C=N–C) groups is 1. The zero-order valence-electron chi connectivity index (χ0n) is 11.6. The Morgan fingerprint density at radius 1 is 1.11 bits per heavy atom. The smallest absolute Gasteiger partial charge is 0.0667 e. The number of hydrogen-bond acceptors (Lipinski definition) is 2. The van der Waals surface area contributed by atoms with Crippen LogP contribution in [0.3, 0.4) is 0 Å². The predicted octanol–water partition coefficient (Wildman–Crippen LogP) is 3.53. The van der Waals surface area contributed by atoms with Crippen LogP contribution in [0.15, 0.2) is 29.3 Å². The van der Waals surface area contributed by atoms with Gasteiger partial charge in [0.25, 0.3) is 0 Å². The monoisotopic (exact) mass is 242 g/mol. The zero-order valence-corrected chi connectivity index (χ0v) is 11.6. The first kappa shape index (κ1) is 11.9. The highest BCUT2D eigenvalue weighted by atomic mass is 15.2. The molecule has 1 aromatic carbocycles. The third kappa shape index (κ3) is 1.79. The first-order valence-corrected chi connectivity index (χ1v) is 6.91. The number of rotatable bonds is 0. The lowest BCUT2D eigenvalue weighted by Gasteiger charge is -2.44. The molecule has 2 nitrogen and oxygen atoms in total. The van der Waals surface area contributed by atoms with Crippen LogP contribution in [0.4, 0.5) is 5.69 Å². The highest BCUT2D eigenvalue weighted by molar-refractivity contribution is 5.85. The van der Waals surface area contributed by atoms with Crippen LogP contribution < -0.4 is 0 Å². The van der Waals surface area contributed by atoms with E-state index in [4.69, 9.17) is 0 Å². The molecule has 0 saturated carbocycles. The van der Waals surface area contributed by atoms with Crippen molar-refractivity contribution in [3.8, 4) is 0 Å². The van der Waals surface area contributed by atoms with Crippen LogP contribution in [-0.2, 0) is 5.41 Å². The molecule has 2 heteroatoms. The molecule has 1 spiro atoms. The Morgan fingerprint density at radius 2 is 1.78 bits per heavy atom. The molecule has 0 aliphatic carbocycles. The second-order valence-electron chi connectivity index (χ2n) is 6.59. The number of benzene rings is 1. The van der Waals surface area contributed by atoms with Crippen LogP contribution in [-0.4, -0.2) is 29.7 Å². The number of nitrogens with zero attached hydrogens (tertiary/aromatic N) is 2. The van der Waals surface area contributed by atoms with Crippen molar-refractivity contribution in [3.63, 3.8) is 0 Å². The van der Waals surface area contributed by atoms with Gasteiger partial charge in [0.2, 0.25) is 0 Å². The van der Waals surface area contributed by atoms with Gasteiger partial charge in [-0.25, -0.2) is 0 Å². The van der Waals surface area contributed by atoms with Crippen molar-refractivity contribution in [2.75, 3.05) is 13.1 Å². The van der Waals surface area contributed by atoms with Gasteiger partial charge in [-0.2, -0.15) is 0 Å². The van der Waals surface area contributed by atoms with Crippen molar-refractivity contribution < 1.29 is 0 Å². The maximum Gasteiger partial charge on any atom is 0.0667 e. The molecule has 1 saturated heterocycles. The Labute approximate surface area is 110 Å². The fraction of sp³-hybridized carbons (Fsp3) is 0.562. The van der Waals surface area contributed by atoms with Gasteiger partial charge in [-0.05, 0) is 58.3 Å². The third-order valence-electron chi connectivity index (χ3n) is 4.50. The molecule has 18 heavy (non-hydrogen) atoms. The second kappa shape index (κ2) is 3.92. The van der Waals surface area contributed by atoms with Gasteiger partial charge in [0.15, 0.2) is 0 Å². The lowest BCUT2D eigenvalue weighted by Crippen LogP contribution is -2.50. The van der Waals surface area contributed by atoms with Gasteiger partial charge in [0.05, 0.1) is 5.69 Å². The molecule has 2 heterocycles. The lowest BCUT2D eigenvalue weighted by atomic mass is 9.74. The molecule has 96 valence electrons. The molecule has 0 atom stereocenters. The van der Waals surface area contributed by atoms with Crippen LogP contribution in [0.25, 0.3) is 0 Å². The molecule has 2 aliphatic rings. The highest BCUT2D eigenvalue weighted by Crippen LogP contribution is 2.44. The number of fused-ring (bicyclic) bond motifs is 2. The quantitative estimate of drug-likeness (QED) is 0.679. The van der Waals surface area contributed by atoms with Crippen LogP contribution in [0.2, 0.25) is 0 Å². The lowest BCUT2D eigenvalue weighted by molar-refractivity contribution is 0.0928. The Kier molecular flexibility index (Phi) is 2.60. The van der Waals surface area contributed by atoms with Gasteiger partial charge in [0.1, 0.15) is 0 Å². The molecule has 0 N–H and O–H groups in total. The Bertz CT molecular complexity index is 474. The van der Waals surface area contributed by atoms with E-state index < -0.39 is 0 Å². The summed E-state index contributed by atoms with van der Waals surface area (Å²) in [6.07, 6.45) is 4.60. The molecule has 0 radical (unpaired) electrons. The van der Waals surface area contributed by atoms with Crippen molar-refractivity contribution in [1.82, 2.24) is 4.90 Å². The Morgan fingerprint density at radius 3 is 2.44 bits per heavy atom. The van der Waals surface area contributed by atoms with Crippen molar-refractivity contribution in [1.29, 1.82) is 0 Å². The van der Waals surface area contributed by atoms with Crippen LogP contribution in [0.5, 0.6) is 0 Å². The molecule has 0 bridgehead atoms. The second-order valence-corrected chi connectivity index (χ2v) is 6.59. The fourth-order valence-corrected chi connectivity index (χ4v) is 3.24. The van der Waals surface area contributed by atoms with Crippen molar-refractivity contribution >= 4 is 11.9 Å². The minimum absolute atomic E-state index is 0.221. The van der Waals surface area contributed by atoms with Crippen LogP contribution in [0, 0.1) is 0 Å². The SMILES string of the molecule is CC(C)(C)N1CCC2(C=Nc3ccccc32)CC1. The molecule has 0 aromatic heterocycles. The van der Waals surface area contributed by atoms with Gasteiger partial charge in [-0.15, -0.1) is 0 Å². The summed E-state index contributed by atoms with van der Waals surface area (Å²) in [4.78, 5) is 7.21. The average Bonchev–Trinajstić information content (AvgIpc) is 2.69. The van der Waals surface area contributed by atoms with Gasteiger partial charge < -0.3 is 0 Å².